The molecule has 3 heterocycles. The molecule has 0 spiro atoms. The lowest BCUT2D eigenvalue weighted by Gasteiger charge is -2.26. The number of anilines is 1. The Kier molecular flexibility index (Phi) is 5.82. The number of morpholine rings is 1. The molecule has 1 aromatic rings. The Balaban J connectivity index is 1.44. The van der Waals surface area contributed by atoms with Gasteiger partial charge in [-0.05, 0) is 18.6 Å². The van der Waals surface area contributed by atoms with E-state index in [1.807, 2.05) is 0 Å². The molecule has 2 aliphatic heterocycles. The van der Waals surface area contributed by atoms with Crippen LogP contribution in [0.3, 0.4) is 0 Å². The van der Waals surface area contributed by atoms with E-state index in [4.69, 9.17) is 4.74 Å². The van der Waals surface area contributed by atoms with Crippen molar-refractivity contribution in [2.24, 2.45) is 0 Å². The van der Waals surface area contributed by atoms with Crippen molar-refractivity contribution >= 4 is 21.6 Å². The van der Waals surface area contributed by atoms with Gasteiger partial charge in [-0.15, -0.1) is 10.2 Å². The van der Waals surface area contributed by atoms with Gasteiger partial charge in [0.05, 0.1) is 24.7 Å². The minimum Gasteiger partial charge on any atom is -0.379 e. The zero-order valence-electron chi connectivity index (χ0n) is 14.0. The van der Waals surface area contributed by atoms with E-state index in [9.17, 15) is 13.2 Å². The molecule has 0 radical (unpaired) electrons. The number of carbonyl (C=O) groups excluding carboxylic acids is 1. The van der Waals surface area contributed by atoms with Crippen molar-refractivity contribution < 1.29 is 17.9 Å². The number of hydrogen-bond donors (Lipinski definition) is 2. The van der Waals surface area contributed by atoms with Crippen LogP contribution >= 0.6 is 0 Å². The zero-order valence-corrected chi connectivity index (χ0v) is 14.8. The van der Waals surface area contributed by atoms with Crippen molar-refractivity contribution in [3.63, 3.8) is 0 Å². The summed E-state index contributed by atoms with van der Waals surface area (Å²) in [6, 6.07) is 3.09. The van der Waals surface area contributed by atoms with E-state index in [-0.39, 0.29) is 29.1 Å². The number of nitrogens with zero attached hydrogens (tertiary/aromatic N) is 3. The van der Waals surface area contributed by atoms with Crippen molar-refractivity contribution in [3.05, 3.63) is 17.8 Å². The topological polar surface area (TPSA) is 114 Å². The first kappa shape index (κ1) is 18.0. The number of nitrogens with one attached hydrogen (secondary N) is 2. The van der Waals surface area contributed by atoms with Crippen LogP contribution in [0.4, 0.5) is 5.82 Å². The van der Waals surface area contributed by atoms with Gasteiger partial charge in [0.2, 0.25) is 0 Å². The molecule has 25 heavy (non-hydrogen) atoms. The fraction of sp³-hybridized carbons (Fsp3) is 0.667. The van der Waals surface area contributed by atoms with Crippen molar-refractivity contribution in [1.29, 1.82) is 0 Å². The highest BCUT2D eigenvalue weighted by Gasteiger charge is 2.28. The average molecular weight is 369 g/mol. The summed E-state index contributed by atoms with van der Waals surface area (Å²) >= 11 is 0. The second-order valence-corrected chi connectivity index (χ2v) is 8.49. The first-order valence-electron chi connectivity index (χ1n) is 8.41. The third kappa shape index (κ3) is 5.35. The maximum absolute atomic E-state index is 12.1. The van der Waals surface area contributed by atoms with Crippen molar-refractivity contribution in [2.45, 2.75) is 12.5 Å². The summed E-state index contributed by atoms with van der Waals surface area (Å²) in [6.07, 6.45) is 0.563. The summed E-state index contributed by atoms with van der Waals surface area (Å²) < 4.78 is 28.2. The van der Waals surface area contributed by atoms with Gasteiger partial charge >= 0.3 is 0 Å². The second-order valence-electron chi connectivity index (χ2n) is 6.26. The van der Waals surface area contributed by atoms with Gasteiger partial charge in [-0.1, -0.05) is 0 Å². The van der Waals surface area contributed by atoms with Crippen LogP contribution in [0.5, 0.6) is 0 Å². The summed E-state index contributed by atoms with van der Waals surface area (Å²) in [5.41, 5.74) is 0.242. The Labute approximate surface area is 147 Å². The van der Waals surface area contributed by atoms with Crippen LogP contribution in [-0.2, 0) is 14.6 Å². The number of ether oxygens (including phenoxy) is 1. The van der Waals surface area contributed by atoms with Crippen LogP contribution in [0.1, 0.15) is 16.9 Å². The van der Waals surface area contributed by atoms with Gasteiger partial charge in [-0.2, -0.15) is 0 Å². The van der Waals surface area contributed by atoms with Crippen molar-refractivity contribution in [2.75, 3.05) is 56.2 Å². The average Bonchev–Trinajstić information content (AvgIpc) is 2.95. The Morgan fingerprint density at radius 1 is 1.28 bits per heavy atom. The van der Waals surface area contributed by atoms with E-state index in [1.54, 1.807) is 12.1 Å². The van der Waals surface area contributed by atoms with Crippen LogP contribution in [0.2, 0.25) is 0 Å². The SMILES string of the molecule is O=C(NCCN1CCOCC1)c1ccc(NC2CCS(=O)(=O)C2)nn1. The molecule has 3 rings (SSSR count). The van der Waals surface area contributed by atoms with Gasteiger partial charge < -0.3 is 15.4 Å². The summed E-state index contributed by atoms with van der Waals surface area (Å²) in [6.45, 7) is 4.55. The summed E-state index contributed by atoms with van der Waals surface area (Å²) in [5.74, 6) is 0.517. The van der Waals surface area contributed by atoms with Crippen LogP contribution in [0, 0.1) is 0 Å². The zero-order chi connectivity index (χ0) is 17.7. The number of carbonyl (C=O) groups is 1. The van der Waals surface area contributed by atoms with E-state index in [1.165, 1.54) is 0 Å². The maximum Gasteiger partial charge on any atom is 0.271 e. The number of sulfone groups is 1. The molecular formula is C15H23N5O4S. The Hall–Kier alpha value is -1.78. The largest absolute Gasteiger partial charge is 0.379 e. The summed E-state index contributed by atoms with van der Waals surface area (Å²) in [5, 5.41) is 13.8. The molecule has 2 fully saturated rings. The molecule has 0 bridgehead atoms. The molecule has 138 valence electrons. The standard InChI is InChI=1S/C15H23N5O4S/c21-15(16-4-5-20-6-8-24-9-7-20)13-1-2-14(19-18-13)17-12-3-10-25(22,23)11-12/h1-2,12H,3-11H2,(H,16,21)(H,17,19). The first-order valence-corrected chi connectivity index (χ1v) is 10.2. The first-order chi connectivity index (χ1) is 12.0. The summed E-state index contributed by atoms with van der Waals surface area (Å²) in [7, 11) is -2.94. The quantitative estimate of drug-likeness (QED) is 0.666. The van der Waals surface area contributed by atoms with E-state index < -0.39 is 9.84 Å². The second kappa shape index (κ2) is 8.07. The minimum atomic E-state index is -2.94. The van der Waals surface area contributed by atoms with E-state index in [2.05, 4.69) is 25.7 Å². The van der Waals surface area contributed by atoms with Crippen molar-refractivity contribution in [1.82, 2.24) is 20.4 Å². The van der Waals surface area contributed by atoms with Crippen LogP contribution in [0.15, 0.2) is 12.1 Å². The van der Waals surface area contributed by atoms with Gasteiger partial charge in [0.25, 0.3) is 5.91 Å². The van der Waals surface area contributed by atoms with Gasteiger partial charge in [-0.25, -0.2) is 8.42 Å². The Morgan fingerprint density at radius 3 is 2.72 bits per heavy atom. The van der Waals surface area contributed by atoms with Crippen LogP contribution in [0.25, 0.3) is 0 Å². The summed E-state index contributed by atoms with van der Waals surface area (Å²) in [4.78, 5) is 14.3. The fourth-order valence-electron chi connectivity index (χ4n) is 2.89. The monoisotopic (exact) mass is 369 g/mol. The molecule has 1 amide bonds. The van der Waals surface area contributed by atoms with Gasteiger partial charge in [0, 0.05) is 32.2 Å². The van der Waals surface area contributed by atoms with Gasteiger partial charge in [0.1, 0.15) is 5.82 Å². The van der Waals surface area contributed by atoms with Gasteiger partial charge in [0.15, 0.2) is 15.5 Å². The Bertz CT molecular complexity index is 688. The molecule has 1 atom stereocenters. The maximum atomic E-state index is 12.1. The highest BCUT2D eigenvalue weighted by atomic mass is 32.2. The highest BCUT2D eigenvalue weighted by molar-refractivity contribution is 7.91. The van der Waals surface area contributed by atoms with Crippen molar-refractivity contribution in [3.8, 4) is 0 Å². The molecule has 0 aromatic carbocycles. The number of aromatic nitrogens is 2. The molecule has 2 aliphatic rings. The van der Waals surface area contributed by atoms with Crippen LogP contribution < -0.4 is 10.6 Å². The molecule has 1 unspecified atom stereocenters. The molecule has 0 saturated carbocycles. The molecule has 1 aromatic heterocycles. The highest BCUT2D eigenvalue weighted by Crippen LogP contribution is 2.15. The van der Waals surface area contributed by atoms with E-state index in [0.29, 0.717) is 18.8 Å². The Morgan fingerprint density at radius 2 is 2.08 bits per heavy atom. The predicted octanol–water partition coefficient (Wildman–Crippen LogP) is -0.862. The molecule has 2 N–H and O–H groups in total. The minimum absolute atomic E-state index is 0.110. The lowest BCUT2D eigenvalue weighted by atomic mass is 10.2. The lowest BCUT2D eigenvalue weighted by Crippen LogP contribution is -2.41. The smallest absolute Gasteiger partial charge is 0.271 e. The molecule has 9 nitrogen and oxygen atoms in total. The van der Waals surface area contributed by atoms with E-state index >= 15 is 0 Å². The molecule has 0 aliphatic carbocycles. The molecular weight excluding hydrogens is 346 g/mol. The fourth-order valence-corrected chi connectivity index (χ4v) is 4.56. The third-order valence-electron chi connectivity index (χ3n) is 4.30. The lowest BCUT2D eigenvalue weighted by molar-refractivity contribution is 0.0383. The number of hydrogen-bond acceptors (Lipinski definition) is 8. The number of rotatable bonds is 6. The number of amides is 1. The van der Waals surface area contributed by atoms with Gasteiger partial charge in [-0.3, -0.25) is 9.69 Å². The van der Waals surface area contributed by atoms with Crippen LogP contribution in [-0.4, -0.2) is 86.4 Å². The van der Waals surface area contributed by atoms with E-state index in [0.717, 1.165) is 32.8 Å². The predicted molar refractivity (Wildman–Crippen MR) is 92.3 cm³/mol. The molecule has 2 saturated heterocycles. The molecule has 10 heteroatoms. The normalized spacial score (nSPS) is 23.3. The third-order valence-corrected chi connectivity index (χ3v) is 6.07.